The fourth-order valence-electron chi connectivity index (χ4n) is 1.37. The summed E-state index contributed by atoms with van der Waals surface area (Å²) in [5.74, 6) is -3.49. The van der Waals surface area contributed by atoms with Crippen molar-refractivity contribution in [1.82, 2.24) is 5.32 Å². The second-order valence-electron chi connectivity index (χ2n) is 3.62. The number of sulfone groups is 1. The number of rotatable bonds is 3. The third-order valence-corrected chi connectivity index (χ3v) is 4.49. The van der Waals surface area contributed by atoms with Crippen LogP contribution in [0.3, 0.4) is 0 Å². The Bertz CT molecular complexity index is 564. The predicted molar refractivity (Wildman–Crippen MR) is 61.5 cm³/mol. The average Bonchev–Trinajstić information content (AvgIpc) is 2.24. The van der Waals surface area contributed by atoms with Gasteiger partial charge in [0.15, 0.2) is 9.84 Å². The van der Waals surface area contributed by atoms with Crippen molar-refractivity contribution in [3.8, 4) is 0 Å². The fourth-order valence-corrected chi connectivity index (χ4v) is 2.79. The van der Waals surface area contributed by atoms with Crippen molar-refractivity contribution in [2.45, 2.75) is 17.1 Å². The Morgan fingerprint density at radius 1 is 1.33 bits per heavy atom. The van der Waals surface area contributed by atoms with Gasteiger partial charge >= 0.3 is 0 Å². The second kappa shape index (κ2) is 4.89. The fraction of sp³-hybridized carbons (Fsp3) is 0.300. The molecule has 0 bridgehead atoms. The summed E-state index contributed by atoms with van der Waals surface area (Å²) < 4.78 is 50.8. The lowest BCUT2D eigenvalue weighted by atomic mass is 10.3. The molecule has 0 aromatic heterocycles. The summed E-state index contributed by atoms with van der Waals surface area (Å²) in [4.78, 5) is 10.1. The molecule has 0 saturated heterocycles. The second-order valence-corrected chi connectivity index (χ2v) is 5.82. The topological polar surface area (TPSA) is 89.3 Å². The zero-order valence-corrected chi connectivity index (χ0v) is 10.5. The third kappa shape index (κ3) is 2.42. The molecule has 3 N–H and O–H groups in total. The molecule has 8 heteroatoms. The zero-order chi connectivity index (χ0) is 14.1. The molecule has 0 aliphatic rings. The molecule has 0 radical (unpaired) electrons. The number of hydrogen-bond donors (Lipinski definition) is 2. The van der Waals surface area contributed by atoms with Gasteiger partial charge < -0.3 is 11.1 Å². The highest BCUT2D eigenvalue weighted by molar-refractivity contribution is 7.92. The number of halogens is 2. The van der Waals surface area contributed by atoms with E-state index in [1.54, 1.807) is 0 Å². The summed E-state index contributed by atoms with van der Waals surface area (Å²) in [5, 5.41) is 0.501. The summed E-state index contributed by atoms with van der Waals surface area (Å²) in [5.41, 5.74) is 4.94. The van der Waals surface area contributed by atoms with Crippen molar-refractivity contribution >= 4 is 21.4 Å². The van der Waals surface area contributed by atoms with Gasteiger partial charge in [-0.3, -0.25) is 4.79 Å². The summed E-state index contributed by atoms with van der Waals surface area (Å²) in [6.45, 7) is 1.05. The summed E-state index contributed by atoms with van der Waals surface area (Å²) in [7, 11) is -3.22. The molecule has 5 nitrogen and oxygen atoms in total. The number of carbonyl (C=O) groups is 1. The standard InChI is InChI=1S/C10H12F2N2O3S/c1-5(10(15)14-2)18(16,17)9-7(11)3-6(13)4-8(9)12/h3-5H,13H2,1-2H3,(H,14,15). The summed E-state index contributed by atoms with van der Waals surface area (Å²) in [6, 6.07) is 1.37. The highest BCUT2D eigenvalue weighted by Gasteiger charge is 2.34. The van der Waals surface area contributed by atoms with Gasteiger partial charge in [0.05, 0.1) is 0 Å². The summed E-state index contributed by atoms with van der Waals surface area (Å²) in [6.07, 6.45) is 0. The zero-order valence-electron chi connectivity index (χ0n) is 9.70. The minimum Gasteiger partial charge on any atom is -0.399 e. The quantitative estimate of drug-likeness (QED) is 0.786. The van der Waals surface area contributed by atoms with Crippen LogP contribution in [-0.4, -0.2) is 26.6 Å². The number of benzene rings is 1. The van der Waals surface area contributed by atoms with Crippen LogP contribution in [0.1, 0.15) is 6.92 Å². The van der Waals surface area contributed by atoms with Gasteiger partial charge in [-0.25, -0.2) is 17.2 Å². The Morgan fingerprint density at radius 3 is 2.17 bits per heavy atom. The SMILES string of the molecule is CNC(=O)C(C)S(=O)(=O)c1c(F)cc(N)cc1F. The van der Waals surface area contributed by atoms with Crippen LogP contribution in [0.2, 0.25) is 0 Å². The summed E-state index contributed by atoms with van der Waals surface area (Å²) >= 11 is 0. The van der Waals surface area contributed by atoms with E-state index in [1.165, 1.54) is 7.05 Å². The average molecular weight is 278 g/mol. The Hall–Kier alpha value is -1.70. The number of hydrogen-bond acceptors (Lipinski definition) is 4. The predicted octanol–water partition coefficient (Wildman–Crippen LogP) is 0.455. The Balaban J connectivity index is 3.43. The third-order valence-electron chi connectivity index (χ3n) is 2.39. The Labute approximate surface area is 103 Å². The Morgan fingerprint density at radius 2 is 1.78 bits per heavy atom. The van der Waals surface area contributed by atoms with Crippen molar-refractivity contribution in [2.75, 3.05) is 12.8 Å². The molecular weight excluding hydrogens is 266 g/mol. The van der Waals surface area contributed by atoms with Gasteiger partial charge in [-0.1, -0.05) is 0 Å². The highest BCUT2D eigenvalue weighted by Crippen LogP contribution is 2.25. The van der Waals surface area contributed by atoms with E-state index in [2.05, 4.69) is 5.32 Å². The maximum Gasteiger partial charge on any atom is 0.238 e. The molecular formula is C10H12F2N2O3S. The first-order chi connectivity index (χ1) is 8.21. The molecule has 0 aliphatic carbocycles. The highest BCUT2D eigenvalue weighted by atomic mass is 32.2. The van der Waals surface area contributed by atoms with E-state index in [-0.39, 0.29) is 5.69 Å². The van der Waals surface area contributed by atoms with Crippen LogP contribution in [-0.2, 0) is 14.6 Å². The first-order valence-corrected chi connectivity index (χ1v) is 6.46. The number of anilines is 1. The van der Waals surface area contributed by atoms with E-state index >= 15 is 0 Å². The largest absolute Gasteiger partial charge is 0.399 e. The van der Waals surface area contributed by atoms with Crippen LogP contribution in [0.15, 0.2) is 17.0 Å². The van der Waals surface area contributed by atoms with Gasteiger partial charge in [-0.05, 0) is 19.1 Å². The number of nitrogen functional groups attached to an aromatic ring is 1. The molecule has 18 heavy (non-hydrogen) atoms. The van der Waals surface area contributed by atoms with Crippen LogP contribution in [0.5, 0.6) is 0 Å². The van der Waals surface area contributed by atoms with Gasteiger partial charge in [-0.15, -0.1) is 0 Å². The van der Waals surface area contributed by atoms with Gasteiger partial charge in [0.1, 0.15) is 21.8 Å². The normalized spacial score (nSPS) is 13.1. The van der Waals surface area contributed by atoms with E-state index in [9.17, 15) is 22.0 Å². The molecule has 1 unspecified atom stereocenters. The molecule has 0 fully saturated rings. The van der Waals surface area contributed by atoms with Gasteiger partial charge in [-0.2, -0.15) is 0 Å². The van der Waals surface area contributed by atoms with Crippen LogP contribution in [0, 0.1) is 11.6 Å². The van der Waals surface area contributed by atoms with E-state index in [1.807, 2.05) is 0 Å². The van der Waals surface area contributed by atoms with Crippen LogP contribution in [0.4, 0.5) is 14.5 Å². The lowest BCUT2D eigenvalue weighted by Gasteiger charge is -2.13. The van der Waals surface area contributed by atoms with Gasteiger partial charge in [0, 0.05) is 12.7 Å². The molecule has 0 spiro atoms. The van der Waals surface area contributed by atoms with Crippen molar-refractivity contribution in [3.63, 3.8) is 0 Å². The number of amides is 1. The lowest BCUT2D eigenvalue weighted by Crippen LogP contribution is -2.36. The maximum absolute atomic E-state index is 13.5. The van der Waals surface area contributed by atoms with E-state index in [0.717, 1.165) is 6.92 Å². The van der Waals surface area contributed by atoms with E-state index < -0.39 is 37.5 Å². The van der Waals surface area contributed by atoms with Crippen LogP contribution < -0.4 is 11.1 Å². The molecule has 0 aliphatic heterocycles. The van der Waals surface area contributed by atoms with Crippen molar-refractivity contribution in [3.05, 3.63) is 23.8 Å². The van der Waals surface area contributed by atoms with Gasteiger partial charge in [0.25, 0.3) is 0 Å². The molecule has 1 amide bonds. The first-order valence-electron chi connectivity index (χ1n) is 4.91. The number of nitrogens with one attached hydrogen (secondary N) is 1. The molecule has 1 atom stereocenters. The molecule has 1 aromatic rings. The van der Waals surface area contributed by atoms with Crippen molar-refractivity contribution in [1.29, 1.82) is 0 Å². The first kappa shape index (κ1) is 14.4. The Kier molecular flexibility index (Phi) is 3.90. The van der Waals surface area contributed by atoms with Crippen LogP contribution >= 0.6 is 0 Å². The van der Waals surface area contributed by atoms with Crippen LogP contribution in [0.25, 0.3) is 0 Å². The molecule has 0 saturated carbocycles. The lowest BCUT2D eigenvalue weighted by molar-refractivity contribution is -0.119. The number of carbonyl (C=O) groups excluding carboxylic acids is 1. The van der Waals surface area contributed by atoms with Crippen molar-refractivity contribution in [2.24, 2.45) is 0 Å². The van der Waals surface area contributed by atoms with E-state index in [4.69, 9.17) is 5.73 Å². The van der Waals surface area contributed by atoms with Crippen molar-refractivity contribution < 1.29 is 22.0 Å². The molecule has 0 heterocycles. The molecule has 1 aromatic carbocycles. The monoisotopic (exact) mass is 278 g/mol. The minimum absolute atomic E-state index is 0.239. The molecule has 100 valence electrons. The minimum atomic E-state index is -4.45. The maximum atomic E-state index is 13.5. The van der Waals surface area contributed by atoms with E-state index in [0.29, 0.717) is 12.1 Å². The smallest absolute Gasteiger partial charge is 0.238 e. The van der Waals surface area contributed by atoms with Gasteiger partial charge in [0.2, 0.25) is 5.91 Å². The molecule has 1 rings (SSSR count). The number of nitrogens with two attached hydrogens (primary N) is 1.